The van der Waals surface area contributed by atoms with Crippen LogP contribution in [0.25, 0.3) is 10.8 Å². The third-order valence-electron chi connectivity index (χ3n) is 9.42. The van der Waals surface area contributed by atoms with Gasteiger partial charge in [-0.15, -0.1) is 5.10 Å². The summed E-state index contributed by atoms with van der Waals surface area (Å²) in [6.45, 7) is 10.9. The molecular weight excluding hydrogens is 636 g/mol. The zero-order valence-corrected chi connectivity index (χ0v) is 29.1. The van der Waals surface area contributed by atoms with Gasteiger partial charge in [-0.2, -0.15) is 5.10 Å². The second kappa shape index (κ2) is 16.6. The largest absolute Gasteiger partial charge is 0.497 e. The van der Waals surface area contributed by atoms with Gasteiger partial charge in [-0.25, -0.2) is 0 Å². The van der Waals surface area contributed by atoms with Crippen LogP contribution in [0.4, 0.5) is 11.5 Å². The number of amides is 2. The fourth-order valence-corrected chi connectivity index (χ4v) is 6.48. The highest BCUT2D eigenvalue weighted by molar-refractivity contribution is 6.39. The van der Waals surface area contributed by atoms with Gasteiger partial charge in [0.2, 0.25) is 0 Å². The Labute approximate surface area is 293 Å². The highest BCUT2D eigenvalue weighted by Gasteiger charge is 2.28. The lowest BCUT2D eigenvalue weighted by molar-refractivity contribution is -0.143. The second-order valence-corrected chi connectivity index (χ2v) is 12.5. The van der Waals surface area contributed by atoms with Gasteiger partial charge in [-0.1, -0.05) is 13.0 Å². The number of carbonyl (C=O) groups excluding carboxylic acids is 2. The molecule has 2 amide bonds. The molecule has 2 aliphatic rings. The van der Waals surface area contributed by atoms with Crippen LogP contribution < -0.4 is 24.4 Å². The Morgan fingerprint density at radius 3 is 2.28 bits per heavy atom. The summed E-state index contributed by atoms with van der Waals surface area (Å²) in [6.07, 6.45) is 5.02. The number of pyridine rings is 1. The first-order valence-electron chi connectivity index (χ1n) is 17.3. The van der Waals surface area contributed by atoms with E-state index in [2.05, 4.69) is 31.9 Å². The minimum atomic E-state index is -0.686. The molecule has 264 valence electrons. The smallest absolute Gasteiger partial charge is 0.313 e. The Balaban J connectivity index is 1.17. The van der Waals surface area contributed by atoms with Crippen LogP contribution in [0.2, 0.25) is 0 Å². The first kappa shape index (κ1) is 34.8. The molecule has 4 aromatic rings. The summed E-state index contributed by atoms with van der Waals surface area (Å²) < 4.78 is 17.4. The number of carbonyl (C=O) groups is 2. The van der Waals surface area contributed by atoms with Crippen LogP contribution in [-0.2, 0) is 16.0 Å². The van der Waals surface area contributed by atoms with E-state index < -0.39 is 11.8 Å². The van der Waals surface area contributed by atoms with Crippen LogP contribution in [0.15, 0.2) is 60.9 Å². The van der Waals surface area contributed by atoms with Gasteiger partial charge < -0.3 is 39.1 Å². The van der Waals surface area contributed by atoms with E-state index in [-0.39, 0.29) is 0 Å². The molecule has 0 radical (unpaired) electrons. The topological polar surface area (TPSA) is 125 Å². The Kier molecular flexibility index (Phi) is 11.6. The molecule has 2 aliphatic heterocycles. The third-order valence-corrected chi connectivity index (χ3v) is 9.42. The van der Waals surface area contributed by atoms with Crippen molar-refractivity contribution in [2.45, 2.75) is 19.8 Å². The van der Waals surface area contributed by atoms with E-state index >= 15 is 0 Å². The summed E-state index contributed by atoms with van der Waals surface area (Å²) in [6, 6.07) is 14.9. The Morgan fingerprint density at radius 2 is 1.56 bits per heavy atom. The molecule has 0 spiro atoms. The van der Waals surface area contributed by atoms with Crippen LogP contribution in [-0.4, -0.2) is 128 Å². The molecule has 2 aromatic heterocycles. The summed E-state index contributed by atoms with van der Waals surface area (Å²) in [4.78, 5) is 38.7. The van der Waals surface area contributed by atoms with Crippen LogP contribution in [0.3, 0.4) is 0 Å². The molecule has 13 heteroatoms. The van der Waals surface area contributed by atoms with Crippen molar-refractivity contribution in [3.63, 3.8) is 0 Å². The van der Waals surface area contributed by atoms with Crippen molar-refractivity contribution in [3.8, 4) is 17.2 Å². The number of aromatic nitrogens is 3. The highest BCUT2D eigenvalue weighted by Crippen LogP contribution is 2.38. The predicted molar refractivity (Wildman–Crippen MR) is 192 cm³/mol. The van der Waals surface area contributed by atoms with Gasteiger partial charge in [-0.05, 0) is 54.9 Å². The van der Waals surface area contributed by atoms with Crippen molar-refractivity contribution >= 4 is 34.1 Å². The molecule has 0 atom stereocenters. The molecule has 1 N–H and O–H groups in total. The first-order chi connectivity index (χ1) is 24.4. The fourth-order valence-electron chi connectivity index (χ4n) is 6.48. The number of methoxy groups -OCH3 is 2. The molecule has 0 unspecified atom stereocenters. The number of piperazine rings is 2. The summed E-state index contributed by atoms with van der Waals surface area (Å²) in [5, 5.41) is 13.9. The number of hydrogen-bond donors (Lipinski definition) is 1. The highest BCUT2D eigenvalue weighted by atomic mass is 16.5. The number of benzene rings is 2. The van der Waals surface area contributed by atoms with E-state index in [0.29, 0.717) is 68.0 Å². The van der Waals surface area contributed by atoms with Gasteiger partial charge in [0, 0.05) is 100 Å². The van der Waals surface area contributed by atoms with E-state index in [1.165, 1.54) is 0 Å². The van der Waals surface area contributed by atoms with Gasteiger partial charge in [0.1, 0.15) is 5.75 Å². The number of rotatable bonds is 12. The summed E-state index contributed by atoms with van der Waals surface area (Å²) >= 11 is 0. The van der Waals surface area contributed by atoms with Crippen molar-refractivity contribution < 1.29 is 23.8 Å². The number of ether oxygens (including phenoxy) is 3. The summed E-state index contributed by atoms with van der Waals surface area (Å²) in [5.41, 5.74) is 2.38. The van der Waals surface area contributed by atoms with Gasteiger partial charge in [0.25, 0.3) is 0 Å². The van der Waals surface area contributed by atoms with Gasteiger partial charge in [0.15, 0.2) is 17.3 Å². The van der Waals surface area contributed by atoms with Gasteiger partial charge in [0.05, 0.1) is 26.5 Å². The monoisotopic (exact) mass is 682 g/mol. The van der Waals surface area contributed by atoms with Crippen LogP contribution in [0, 0.1) is 0 Å². The SMILES string of the molecule is CCN1CCN(CCCOc2cc3c(N4CCN(C(=O)C(=O)Nc5cccc(OC)c5)CC4)nnc(Cc4ccncc4)c3cc2OC)CC1. The molecule has 6 rings (SSSR count). The molecule has 2 saturated heterocycles. The lowest BCUT2D eigenvalue weighted by Gasteiger charge is -2.35. The zero-order valence-electron chi connectivity index (χ0n) is 29.1. The van der Waals surface area contributed by atoms with Crippen LogP contribution in [0.1, 0.15) is 24.6 Å². The van der Waals surface area contributed by atoms with E-state index in [1.54, 1.807) is 55.8 Å². The lowest BCUT2D eigenvalue weighted by Crippen LogP contribution is -2.51. The molecule has 0 aliphatic carbocycles. The number of fused-ring (bicyclic) bond motifs is 1. The maximum absolute atomic E-state index is 13.1. The molecule has 2 fully saturated rings. The van der Waals surface area contributed by atoms with Crippen molar-refractivity contribution in [2.24, 2.45) is 0 Å². The normalized spacial score (nSPS) is 15.6. The molecule has 0 saturated carbocycles. The zero-order chi connectivity index (χ0) is 34.9. The molecule has 50 heavy (non-hydrogen) atoms. The van der Waals surface area contributed by atoms with Crippen molar-refractivity contribution in [1.82, 2.24) is 29.9 Å². The minimum absolute atomic E-state index is 0.359. The maximum atomic E-state index is 13.1. The predicted octanol–water partition coefficient (Wildman–Crippen LogP) is 3.33. The molecule has 4 heterocycles. The van der Waals surface area contributed by atoms with Crippen LogP contribution in [0.5, 0.6) is 17.2 Å². The average Bonchev–Trinajstić information content (AvgIpc) is 3.16. The quantitative estimate of drug-likeness (QED) is 0.175. The third kappa shape index (κ3) is 8.40. The molecule has 0 bridgehead atoms. The van der Waals surface area contributed by atoms with Crippen molar-refractivity contribution in [3.05, 3.63) is 72.2 Å². The number of likely N-dealkylation sites (N-methyl/N-ethyl adjacent to an activating group) is 1. The number of nitrogens with one attached hydrogen (secondary N) is 1. The Hall–Kier alpha value is -5.01. The summed E-state index contributed by atoms with van der Waals surface area (Å²) in [7, 11) is 3.20. The lowest BCUT2D eigenvalue weighted by atomic mass is 10.0. The van der Waals surface area contributed by atoms with Crippen molar-refractivity contribution in [1.29, 1.82) is 0 Å². The fraction of sp³-hybridized carbons (Fsp3) is 0.432. The van der Waals surface area contributed by atoms with E-state index in [4.69, 9.17) is 24.4 Å². The van der Waals surface area contributed by atoms with Gasteiger partial charge >= 0.3 is 11.8 Å². The van der Waals surface area contributed by atoms with E-state index in [0.717, 1.165) is 67.7 Å². The average molecular weight is 683 g/mol. The van der Waals surface area contributed by atoms with Crippen LogP contribution >= 0.6 is 0 Å². The minimum Gasteiger partial charge on any atom is -0.497 e. The maximum Gasteiger partial charge on any atom is 0.313 e. The first-order valence-corrected chi connectivity index (χ1v) is 17.3. The molecule has 2 aromatic carbocycles. The Bertz CT molecular complexity index is 1760. The molecule has 13 nitrogen and oxygen atoms in total. The standard InChI is InChI=1S/C37H46N8O5/c1-4-42-14-16-43(17-15-42)13-6-22-50-34-26-31-30(25-33(34)49-3)32(23-27-9-11-38-12-10-27)40-41-35(31)44-18-20-45(21-19-44)37(47)36(46)39-28-7-5-8-29(24-28)48-2/h5,7-12,24-26H,4,6,13-23H2,1-3H3,(H,39,46). The van der Waals surface area contributed by atoms with E-state index in [9.17, 15) is 9.59 Å². The second-order valence-electron chi connectivity index (χ2n) is 12.5. The van der Waals surface area contributed by atoms with E-state index in [1.807, 2.05) is 24.3 Å². The number of hydrogen-bond acceptors (Lipinski definition) is 11. The number of anilines is 2. The van der Waals surface area contributed by atoms with Crippen molar-refractivity contribution in [2.75, 3.05) is 96.5 Å². The Morgan fingerprint density at radius 1 is 0.820 bits per heavy atom. The number of nitrogens with zero attached hydrogens (tertiary/aromatic N) is 7. The molecular formula is C37H46N8O5. The summed E-state index contributed by atoms with van der Waals surface area (Å²) in [5.74, 6) is 1.33. The van der Waals surface area contributed by atoms with Gasteiger partial charge in [-0.3, -0.25) is 14.6 Å².